The molecule has 4 rings (SSSR count). The fourth-order valence-electron chi connectivity index (χ4n) is 5.35. The normalized spacial score (nSPS) is 13.8. The summed E-state index contributed by atoms with van der Waals surface area (Å²) in [6.07, 6.45) is 26.7. The van der Waals surface area contributed by atoms with E-state index in [1.165, 1.54) is 31.7 Å². The molecule has 5 nitrogen and oxygen atoms in total. The average molecular weight is 594 g/mol. The molecule has 0 atom stereocenters. The van der Waals surface area contributed by atoms with Crippen LogP contribution in [-0.2, 0) is 6.42 Å². The maximum atomic E-state index is 15.2. The van der Waals surface area contributed by atoms with Crippen LogP contribution in [0, 0.1) is 31.5 Å². The maximum absolute atomic E-state index is 15.2. The van der Waals surface area contributed by atoms with E-state index in [0.717, 1.165) is 57.5 Å². The molecule has 1 aliphatic carbocycles. The smallest absolute Gasteiger partial charge is 0.133 e. The Morgan fingerprint density at radius 3 is 2.45 bits per heavy atom. The van der Waals surface area contributed by atoms with E-state index in [9.17, 15) is 0 Å². The number of aromatic nitrogens is 3. The lowest BCUT2D eigenvalue weighted by molar-refractivity contribution is 0.503. The van der Waals surface area contributed by atoms with Crippen LogP contribution in [0.25, 0.3) is 11.1 Å². The van der Waals surface area contributed by atoms with Crippen molar-refractivity contribution >= 4 is 16.8 Å². The van der Waals surface area contributed by atoms with Crippen LogP contribution in [0.5, 0.6) is 0 Å². The number of nitrogens with two attached hydrogens (primary N) is 1. The standard InChI is InChI=1S/C34H40FN5.C2H6.C2H2/c1-5-10-29(27-13-15-37-16-14-27)34-23(4)39-33(40-34)19-28-18-30(31(35)20-32(28)36)26(7-3)17-24(6-2)21-38-22-25-11-8-9-12-25;2*1-2/h5-7,10,13-18,20,25,38H,1-2,8-9,11-12,19,21-22,36H2,3-4H3,(H,39,40);1-2H3;1-2H/b24-17+,26-7+,29-10-;;. The summed E-state index contributed by atoms with van der Waals surface area (Å²) < 4.78 is 15.2. The average Bonchev–Trinajstić information content (AvgIpc) is 3.71. The summed E-state index contributed by atoms with van der Waals surface area (Å²) in [5.41, 5.74) is 13.5. The Kier molecular flexibility index (Phi) is 15.4. The third kappa shape index (κ3) is 9.79. The lowest BCUT2D eigenvalue weighted by Gasteiger charge is -2.13. The van der Waals surface area contributed by atoms with E-state index in [4.69, 9.17) is 10.7 Å². The topological polar surface area (TPSA) is 79.6 Å². The number of allylic oxidation sites excluding steroid dienone is 5. The minimum absolute atomic E-state index is 0.349. The summed E-state index contributed by atoms with van der Waals surface area (Å²) in [7, 11) is 0. The number of imidazole rings is 1. The molecule has 2 heterocycles. The summed E-state index contributed by atoms with van der Waals surface area (Å²) in [6, 6.07) is 7.14. The molecular formula is C38H48FN5. The predicted molar refractivity (Wildman–Crippen MR) is 186 cm³/mol. The molecule has 0 saturated heterocycles. The number of anilines is 1. The lowest BCUT2D eigenvalue weighted by atomic mass is 9.97. The summed E-state index contributed by atoms with van der Waals surface area (Å²) in [6.45, 7) is 17.5. The number of H-pyrrole nitrogens is 1. The fraction of sp³-hybridized carbons (Fsp3) is 0.316. The zero-order chi connectivity index (χ0) is 32.5. The van der Waals surface area contributed by atoms with Crippen LogP contribution in [0.3, 0.4) is 0 Å². The first kappa shape index (κ1) is 35.7. The van der Waals surface area contributed by atoms with Gasteiger partial charge in [-0.2, -0.15) is 0 Å². The molecule has 1 fully saturated rings. The van der Waals surface area contributed by atoms with Crippen LogP contribution in [-0.4, -0.2) is 28.0 Å². The molecule has 3 aromatic rings. The number of hydrogen-bond acceptors (Lipinski definition) is 4. The van der Waals surface area contributed by atoms with Gasteiger partial charge in [-0.1, -0.05) is 70.2 Å². The van der Waals surface area contributed by atoms with Gasteiger partial charge in [0.1, 0.15) is 11.6 Å². The third-order valence-corrected chi connectivity index (χ3v) is 7.51. The quantitative estimate of drug-likeness (QED) is 0.112. The number of benzene rings is 1. The van der Waals surface area contributed by atoms with Crippen LogP contribution in [0.4, 0.5) is 10.1 Å². The first-order chi connectivity index (χ1) is 21.4. The molecule has 44 heavy (non-hydrogen) atoms. The second kappa shape index (κ2) is 18.9. The van der Waals surface area contributed by atoms with E-state index >= 15 is 4.39 Å². The van der Waals surface area contributed by atoms with Crippen molar-refractivity contribution in [3.8, 4) is 12.8 Å². The van der Waals surface area contributed by atoms with Gasteiger partial charge in [0.25, 0.3) is 0 Å². The van der Waals surface area contributed by atoms with Crippen molar-refractivity contribution in [1.29, 1.82) is 0 Å². The Balaban J connectivity index is 0.00000162. The highest BCUT2D eigenvalue weighted by Gasteiger charge is 2.17. The van der Waals surface area contributed by atoms with E-state index in [0.29, 0.717) is 24.2 Å². The second-order valence-electron chi connectivity index (χ2n) is 10.4. The second-order valence-corrected chi connectivity index (χ2v) is 10.4. The zero-order valence-electron chi connectivity index (χ0n) is 26.8. The Morgan fingerprint density at radius 1 is 1.16 bits per heavy atom. The number of nitrogens with one attached hydrogen (secondary N) is 2. The van der Waals surface area contributed by atoms with Crippen molar-refractivity contribution in [2.45, 2.75) is 59.8 Å². The molecule has 0 amide bonds. The predicted octanol–water partition coefficient (Wildman–Crippen LogP) is 8.61. The molecule has 0 aliphatic heterocycles. The number of terminal acetylenes is 1. The summed E-state index contributed by atoms with van der Waals surface area (Å²) in [5, 5.41) is 3.56. The number of nitrogens with zero attached hydrogens (tertiary/aromatic N) is 2. The number of rotatable bonds is 12. The van der Waals surface area contributed by atoms with E-state index in [1.54, 1.807) is 18.5 Å². The zero-order valence-corrected chi connectivity index (χ0v) is 26.8. The molecular weight excluding hydrogens is 545 g/mol. The first-order valence-corrected chi connectivity index (χ1v) is 15.3. The molecule has 0 spiro atoms. The first-order valence-electron chi connectivity index (χ1n) is 15.3. The van der Waals surface area contributed by atoms with Crippen LogP contribution in [0.1, 0.15) is 80.4 Å². The summed E-state index contributed by atoms with van der Waals surface area (Å²) >= 11 is 0. The van der Waals surface area contributed by atoms with Gasteiger partial charge in [0.2, 0.25) is 0 Å². The largest absolute Gasteiger partial charge is 0.398 e. The molecule has 1 saturated carbocycles. The SMILES string of the molecule is C#C.C=C/C=C(/c1ccncc1)c1nc(Cc2cc(C(/C=C(\C=C)CNCC3CCCC3)=C/C)c(F)cc2N)[nH]c1C.CC. The molecule has 0 bridgehead atoms. The summed E-state index contributed by atoms with van der Waals surface area (Å²) in [4.78, 5) is 12.4. The molecule has 1 aliphatic rings. The monoisotopic (exact) mass is 593 g/mol. The van der Waals surface area contributed by atoms with Gasteiger partial charge in [0.15, 0.2) is 0 Å². The number of hydrogen-bond donors (Lipinski definition) is 3. The van der Waals surface area contributed by atoms with Crippen LogP contribution >= 0.6 is 0 Å². The van der Waals surface area contributed by atoms with Crippen molar-refractivity contribution < 1.29 is 4.39 Å². The molecule has 232 valence electrons. The number of pyridine rings is 1. The van der Waals surface area contributed by atoms with Crippen LogP contribution < -0.4 is 11.1 Å². The van der Waals surface area contributed by atoms with E-state index in [2.05, 4.69) is 41.3 Å². The van der Waals surface area contributed by atoms with Crippen molar-refractivity contribution in [3.05, 3.63) is 125 Å². The maximum Gasteiger partial charge on any atom is 0.133 e. The van der Waals surface area contributed by atoms with Gasteiger partial charge in [-0.15, -0.1) is 12.8 Å². The van der Waals surface area contributed by atoms with Gasteiger partial charge in [-0.25, -0.2) is 9.37 Å². The minimum Gasteiger partial charge on any atom is -0.398 e. The van der Waals surface area contributed by atoms with Crippen molar-refractivity contribution in [1.82, 2.24) is 20.3 Å². The third-order valence-electron chi connectivity index (χ3n) is 7.51. The van der Waals surface area contributed by atoms with Gasteiger partial charge < -0.3 is 16.0 Å². The Bertz CT molecular complexity index is 1470. The van der Waals surface area contributed by atoms with Gasteiger partial charge in [-0.3, -0.25) is 4.98 Å². The minimum atomic E-state index is -0.349. The number of nitrogen functional groups attached to an aromatic ring is 1. The number of aromatic amines is 1. The molecule has 0 unspecified atom stereocenters. The Hall–Kier alpha value is -4.47. The Morgan fingerprint density at radius 2 is 1.84 bits per heavy atom. The van der Waals surface area contributed by atoms with Gasteiger partial charge in [-0.05, 0) is 85.7 Å². The van der Waals surface area contributed by atoms with Crippen molar-refractivity contribution in [3.63, 3.8) is 0 Å². The number of halogens is 1. The fourth-order valence-corrected chi connectivity index (χ4v) is 5.35. The van der Waals surface area contributed by atoms with Crippen molar-refractivity contribution in [2.24, 2.45) is 5.92 Å². The molecule has 0 radical (unpaired) electrons. The molecule has 1 aromatic carbocycles. The van der Waals surface area contributed by atoms with Crippen LogP contribution in [0.2, 0.25) is 0 Å². The van der Waals surface area contributed by atoms with Gasteiger partial charge in [0, 0.05) is 47.9 Å². The highest BCUT2D eigenvalue weighted by molar-refractivity contribution is 5.80. The highest BCUT2D eigenvalue weighted by Crippen LogP contribution is 2.29. The van der Waals surface area contributed by atoms with Gasteiger partial charge >= 0.3 is 0 Å². The Labute approximate surface area is 264 Å². The van der Waals surface area contributed by atoms with Crippen molar-refractivity contribution in [2.75, 3.05) is 18.8 Å². The summed E-state index contributed by atoms with van der Waals surface area (Å²) in [5.74, 6) is 1.16. The van der Waals surface area contributed by atoms with E-state index < -0.39 is 0 Å². The van der Waals surface area contributed by atoms with Crippen LogP contribution in [0.15, 0.2) is 85.8 Å². The number of aryl methyl sites for hydroxylation is 1. The molecule has 4 N–H and O–H groups in total. The molecule has 6 heteroatoms. The van der Waals surface area contributed by atoms with E-state index in [-0.39, 0.29) is 5.82 Å². The highest BCUT2D eigenvalue weighted by atomic mass is 19.1. The molecule has 2 aromatic heterocycles. The van der Waals surface area contributed by atoms with E-state index in [1.807, 2.05) is 70.2 Å². The lowest BCUT2D eigenvalue weighted by Crippen LogP contribution is -2.23. The van der Waals surface area contributed by atoms with Gasteiger partial charge in [0.05, 0.1) is 5.69 Å².